The zero-order valence-corrected chi connectivity index (χ0v) is 15.7. The van der Waals surface area contributed by atoms with Crippen molar-refractivity contribution in [3.05, 3.63) is 88.6 Å². The summed E-state index contributed by atoms with van der Waals surface area (Å²) in [6.45, 7) is 0. The number of aliphatic carboxylic acids is 1. The second kappa shape index (κ2) is 8.79. The van der Waals surface area contributed by atoms with E-state index in [9.17, 15) is 23.5 Å². The number of hydrogen-bond donors (Lipinski definition) is 2. The van der Waals surface area contributed by atoms with Gasteiger partial charge in [0.15, 0.2) is 0 Å². The Hall–Kier alpha value is -3.32. The van der Waals surface area contributed by atoms with Crippen LogP contribution < -0.4 is 5.32 Å². The normalized spacial score (nSPS) is 11.7. The van der Waals surface area contributed by atoms with Gasteiger partial charge in [0.1, 0.15) is 17.7 Å². The Morgan fingerprint density at radius 1 is 1.03 bits per heavy atom. The third-order valence-electron chi connectivity index (χ3n) is 4.25. The molecule has 3 aromatic rings. The van der Waals surface area contributed by atoms with E-state index in [1.54, 1.807) is 30.3 Å². The molecule has 0 aliphatic carbocycles. The molecule has 1 aromatic heterocycles. The first-order valence-electron chi connectivity index (χ1n) is 8.54. The molecule has 0 radical (unpaired) electrons. The number of amides is 1. The van der Waals surface area contributed by atoms with Crippen LogP contribution in [0.5, 0.6) is 0 Å². The van der Waals surface area contributed by atoms with Crippen LogP contribution in [0.3, 0.4) is 0 Å². The molecule has 1 heterocycles. The van der Waals surface area contributed by atoms with Crippen LogP contribution >= 0.6 is 11.6 Å². The van der Waals surface area contributed by atoms with Gasteiger partial charge in [-0.3, -0.25) is 9.78 Å². The Morgan fingerprint density at radius 3 is 2.31 bits per heavy atom. The molecule has 0 saturated heterocycles. The van der Waals surface area contributed by atoms with Gasteiger partial charge in [0, 0.05) is 28.8 Å². The first kappa shape index (κ1) is 20.4. The molecule has 0 spiro atoms. The quantitative estimate of drug-likeness (QED) is 0.634. The van der Waals surface area contributed by atoms with E-state index < -0.39 is 41.5 Å². The Balaban J connectivity index is 1.77. The van der Waals surface area contributed by atoms with E-state index in [2.05, 4.69) is 10.3 Å². The van der Waals surface area contributed by atoms with Gasteiger partial charge in [0.05, 0.1) is 11.3 Å². The van der Waals surface area contributed by atoms with Crippen molar-refractivity contribution in [3.63, 3.8) is 0 Å². The molecule has 1 atom stereocenters. The lowest BCUT2D eigenvalue weighted by Gasteiger charge is -2.15. The topological polar surface area (TPSA) is 79.3 Å². The number of nitrogens with zero attached hydrogens (tertiary/aromatic N) is 1. The minimum atomic E-state index is -1.52. The molecule has 1 unspecified atom stereocenters. The molecule has 2 N–H and O–H groups in total. The largest absolute Gasteiger partial charge is 0.480 e. The van der Waals surface area contributed by atoms with Gasteiger partial charge in [-0.1, -0.05) is 35.9 Å². The minimum Gasteiger partial charge on any atom is -0.480 e. The van der Waals surface area contributed by atoms with Crippen molar-refractivity contribution in [3.8, 4) is 11.3 Å². The molecule has 148 valence electrons. The predicted molar refractivity (Wildman–Crippen MR) is 104 cm³/mol. The van der Waals surface area contributed by atoms with Gasteiger partial charge >= 0.3 is 5.97 Å². The third-order valence-corrected chi connectivity index (χ3v) is 4.58. The van der Waals surface area contributed by atoms with Crippen molar-refractivity contribution >= 4 is 23.5 Å². The fourth-order valence-electron chi connectivity index (χ4n) is 2.73. The lowest BCUT2D eigenvalue weighted by Crippen LogP contribution is -2.42. The molecular weight excluding hydrogens is 402 g/mol. The van der Waals surface area contributed by atoms with Crippen LogP contribution in [0.4, 0.5) is 8.78 Å². The van der Waals surface area contributed by atoms with Crippen molar-refractivity contribution in [1.82, 2.24) is 10.3 Å². The van der Waals surface area contributed by atoms with Gasteiger partial charge < -0.3 is 10.4 Å². The van der Waals surface area contributed by atoms with Crippen molar-refractivity contribution in [2.75, 3.05) is 0 Å². The number of aromatic nitrogens is 1. The van der Waals surface area contributed by atoms with Gasteiger partial charge in [-0.05, 0) is 30.3 Å². The Bertz CT molecular complexity index is 1040. The molecule has 0 saturated carbocycles. The van der Waals surface area contributed by atoms with Gasteiger partial charge in [-0.25, -0.2) is 13.6 Å². The van der Waals surface area contributed by atoms with E-state index in [0.717, 1.165) is 12.1 Å². The predicted octanol–water partition coefficient (Wildman–Crippen LogP) is 4.11. The zero-order valence-electron chi connectivity index (χ0n) is 14.9. The maximum absolute atomic E-state index is 13.8. The van der Waals surface area contributed by atoms with Crippen molar-refractivity contribution in [1.29, 1.82) is 0 Å². The second-order valence-corrected chi connectivity index (χ2v) is 6.59. The lowest BCUT2D eigenvalue weighted by atomic mass is 10.0. The number of carboxylic acids is 1. The first-order valence-corrected chi connectivity index (χ1v) is 8.92. The summed E-state index contributed by atoms with van der Waals surface area (Å²) in [4.78, 5) is 28.1. The summed E-state index contributed by atoms with van der Waals surface area (Å²) >= 11 is 6.12. The number of carbonyl (C=O) groups is 2. The van der Waals surface area contributed by atoms with E-state index in [-0.39, 0.29) is 5.56 Å². The number of nitrogens with one attached hydrogen (secondary N) is 1. The molecule has 1 amide bonds. The summed E-state index contributed by atoms with van der Waals surface area (Å²) in [7, 11) is 0. The molecule has 0 bridgehead atoms. The highest BCUT2D eigenvalue weighted by Crippen LogP contribution is 2.25. The first-order chi connectivity index (χ1) is 13.9. The van der Waals surface area contributed by atoms with Crippen LogP contribution in [0.1, 0.15) is 15.9 Å². The average Bonchev–Trinajstić information content (AvgIpc) is 2.70. The molecular formula is C21H15ClF2N2O3. The molecule has 8 heteroatoms. The summed E-state index contributed by atoms with van der Waals surface area (Å²) in [6, 6.07) is 11.8. The summed E-state index contributed by atoms with van der Waals surface area (Å²) in [5.41, 5.74) is 0.906. The molecule has 5 nitrogen and oxygen atoms in total. The molecule has 0 fully saturated rings. The second-order valence-electron chi connectivity index (χ2n) is 6.18. The van der Waals surface area contributed by atoms with Gasteiger partial charge in [0.25, 0.3) is 5.91 Å². The number of carbonyl (C=O) groups excluding carboxylic acids is 1. The van der Waals surface area contributed by atoms with E-state index >= 15 is 0 Å². The smallest absolute Gasteiger partial charge is 0.326 e. The fraction of sp³-hybridized carbons (Fsp3) is 0.0952. The van der Waals surface area contributed by atoms with E-state index in [1.165, 1.54) is 18.3 Å². The highest BCUT2D eigenvalue weighted by molar-refractivity contribution is 6.33. The van der Waals surface area contributed by atoms with Crippen molar-refractivity contribution in [2.45, 2.75) is 12.5 Å². The number of rotatable bonds is 6. The van der Waals surface area contributed by atoms with E-state index in [1.807, 2.05) is 0 Å². The SMILES string of the molecule is O=C(NC(Cc1c(F)cccc1F)C(=O)O)c1ccc(-c2ccccc2Cl)nc1. The highest BCUT2D eigenvalue weighted by Gasteiger charge is 2.24. The molecule has 0 aliphatic heterocycles. The van der Waals surface area contributed by atoms with Crippen LogP contribution in [0.15, 0.2) is 60.8 Å². The summed E-state index contributed by atoms with van der Waals surface area (Å²) < 4.78 is 27.6. The minimum absolute atomic E-state index is 0.0982. The monoisotopic (exact) mass is 416 g/mol. The van der Waals surface area contributed by atoms with Crippen LogP contribution in [0.25, 0.3) is 11.3 Å². The maximum atomic E-state index is 13.8. The zero-order chi connectivity index (χ0) is 21.0. The summed E-state index contributed by atoms with van der Waals surface area (Å²) in [5.74, 6) is -3.90. The molecule has 29 heavy (non-hydrogen) atoms. The molecule has 3 rings (SSSR count). The number of benzene rings is 2. The highest BCUT2D eigenvalue weighted by atomic mass is 35.5. The summed E-state index contributed by atoms with van der Waals surface area (Å²) in [6.07, 6.45) is 0.737. The van der Waals surface area contributed by atoms with Crippen LogP contribution in [0, 0.1) is 11.6 Å². The van der Waals surface area contributed by atoms with Gasteiger partial charge in [-0.15, -0.1) is 0 Å². The van der Waals surface area contributed by atoms with Crippen molar-refractivity contribution < 1.29 is 23.5 Å². The number of halogens is 3. The molecule has 0 aliphatic rings. The van der Waals surface area contributed by atoms with Gasteiger partial charge in [-0.2, -0.15) is 0 Å². The fourth-order valence-corrected chi connectivity index (χ4v) is 2.96. The molecule has 2 aromatic carbocycles. The van der Waals surface area contributed by atoms with Crippen LogP contribution in [-0.2, 0) is 11.2 Å². The average molecular weight is 417 g/mol. The number of hydrogen-bond acceptors (Lipinski definition) is 3. The van der Waals surface area contributed by atoms with Crippen LogP contribution in [0.2, 0.25) is 5.02 Å². The Morgan fingerprint density at radius 2 is 1.72 bits per heavy atom. The Labute approximate surface area is 170 Å². The maximum Gasteiger partial charge on any atom is 0.326 e. The number of pyridine rings is 1. The standard InChI is InChI=1S/C21H15ClF2N2O3/c22-15-5-2-1-4-13(15)18-9-8-12(11-25-18)20(27)26-19(21(28)29)10-14-16(23)6-3-7-17(14)24/h1-9,11,19H,10H2,(H,26,27)(H,28,29). The van der Waals surface area contributed by atoms with E-state index in [0.29, 0.717) is 16.3 Å². The van der Waals surface area contributed by atoms with Gasteiger partial charge in [0.2, 0.25) is 0 Å². The van der Waals surface area contributed by atoms with Crippen LogP contribution in [-0.4, -0.2) is 28.0 Å². The Kier molecular flexibility index (Phi) is 6.19. The summed E-state index contributed by atoms with van der Waals surface area (Å²) in [5, 5.41) is 12.1. The van der Waals surface area contributed by atoms with Crippen molar-refractivity contribution in [2.24, 2.45) is 0 Å². The van der Waals surface area contributed by atoms with E-state index in [4.69, 9.17) is 11.6 Å². The third kappa shape index (κ3) is 4.75. The lowest BCUT2D eigenvalue weighted by molar-refractivity contribution is -0.139. The number of carboxylic acid groups (broad SMARTS) is 1.